The molecule has 5 heteroatoms. The van der Waals surface area contributed by atoms with Crippen LogP contribution in [-0.2, 0) is 11.2 Å². The molecule has 18 heavy (non-hydrogen) atoms. The lowest BCUT2D eigenvalue weighted by Crippen LogP contribution is -2.50. The lowest BCUT2D eigenvalue weighted by molar-refractivity contribution is -0.122. The van der Waals surface area contributed by atoms with Crippen LogP contribution in [0.3, 0.4) is 0 Å². The second-order valence-electron chi connectivity index (χ2n) is 4.85. The van der Waals surface area contributed by atoms with Gasteiger partial charge in [0, 0.05) is 23.9 Å². The molecule has 1 aliphatic rings. The highest BCUT2D eigenvalue weighted by Crippen LogP contribution is 2.22. The van der Waals surface area contributed by atoms with E-state index in [0.29, 0.717) is 12.3 Å². The summed E-state index contributed by atoms with van der Waals surface area (Å²) < 4.78 is 0.788. The first kappa shape index (κ1) is 13.8. The predicted octanol–water partition coefficient (Wildman–Crippen LogP) is 2.45. The maximum atomic E-state index is 11.9. The first-order valence-corrected chi connectivity index (χ1v) is 7.59. The van der Waals surface area contributed by atoms with Gasteiger partial charge < -0.3 is 10.6 Å². The van der Waals surface area contributed by atoms with E-state index in [-0.39, 0.29) is 11.9 Å². The van der Waals surface area contributed by atoms with Crippen LogP contribution in [0.25, 0.3) is 0 Å². The molecule has 1 saturated heterocycles. The number of aryl methyl sites for hydroxylation is 1. The number of hydrogen-bond donors (Lipinski definition) is 2. The summed E-state index contributed by atoms with van der Waals surface area (Å²) in [6.07, 6.45) is 2.45. The standard InChI is InChI=1S/C13H19ClN2OS/c1-9-6-7-15-8-11(9)16-13(17)5-3-10-2-4-12(14)18-10/h2,4,9,11,15H,3,5-8H2,1H3,(H,16,17). The van der Waals surface area contributed by atoms with Crippen LogP contribution in [0, 0.1) is 5.92 Å². The highest BCUT2D eigenvalue weighted by Gasteiger charge is 2.22. The Bertz CT molecular complexity index is 407. The van der Waals surface area contributed by atoms with Crippen molar-refractivity contribution < 1.29 is 4.79 Å². The monoisotopic (exact) mass is 286 g/mol. The minimum atomic E-state index is 0.139. The van der Waals surface area contributed by atoms with Crippen LogP contribution in [0.5, 0.6) is 0 Å². The zero-order valence-corrected chi connectivity index (χ0v) is 12.1. The molecule has 2 atom stereocenters. The molecule has 0 radical (unpaired) electrons. The van der Waals surface area contributed by atoms with E-state index >= 15 is 0 Å². The maximum absolute atomic E-state index is 11.9. The van der Waals surface area contributed by atoms with E-state index in [1.165, 1.54) is 4.88 Å². The molecule has 1 aromatic heterocycles. The number of thiophene rings is 1. The number of nitrogens with one attached hydrogen (secondary N) is 2. The van der Waals surface area contributed by atoms with Gasteiger partial charge in [-0.25, -0.2) is 0 Å². The molecule has 1 fully saturated rings. The molecule has 0 bridgehead atoms. The van der Waals surface area contributed by atoms with E-state index in [1.54, 1.807) is 11.3 Å². The van der Waals surface area contributed by atoms with E-state index in [2.05, 4.69) is 17.6 Å². The second kappa shape index (κ2) is 6.55. The average Bonchev–Trinajstić information content (AvgIpc) is 2.76. The molecular weight excluding hydrogens is 268 g/mol. The molecule has 100 valence electrons. The second-order valence-corrected chi connectivity index (χ2v) is 6.65. The minimum absolute atomic E-state index is 0.139. The topological polar surface area (TPSA) is 41.1 Å². The summed E-state index contributed by atoms with van der Waals surface area (Å²) in [4.78, 5) is 13.0. The Morgan fingerprint density at radius 3 is 3.11 bits per heavy atom. The van der Waals surface area contributed by atoms with E-state index in [0.717, 1.165) is 30.3 Å². The summed E-state index contributed by atoms with van der Waals surface area (Å²) in [5.41, 5.74) is 0. The van der Waals surface area contributed by atoms with Gasteiger partial charge in [-0.15, -0.1) is 11.3 Å². The summed E-state index contributed by atoms with van der Waals surface area (Å²) in [6, 6.07) is 4.15. The van der Waals surface area contributed by atoms with Gasteiger partial charge in [-0.3, -0.25) is 4.79 Å². The highest BCUT2D eigenvalue weighted by atomic mass is 35.5. The van der Waals surface area contributed by atoms with Crippen molar-refractivity contribution in [2.75, 3.05) is 13.1 Å². The first-order chi connectivity index (χ1) is 8.65. The quantitative estimate of drug-likeness (QED) is 0.893. The van der Waals surface area contributed by atoms with Gasteiger partial charge in [-0.05, 0) is 37.4 Å². The Kier molecular flexibility index (Phi) is 5.03. The van der Waals surface area contributed by atoms with Crippen molar-refractivity contribution in [1.29, 1.82) is 0 Å². The van der Waals surface area contributed by atoms with Gasteiger partial charge in [0.1, 0.15) is 0 Å². The van der Waals surface area contributed by atoms with Crippen LogP contribution in [0.2, 0.25) is 4.34 Å². The Labute approximate surface area is 117 Å². The number of rotatable bonds is 4. The van der Waals surface area contributed by atoms with Crippen LogP contribution in [-0.4, -0.2) is 25.0 Å². The Morgan fingerprint density at radius 2 is 2.44 bits per heavy atom. The normalized spacial score (nSPS) is 23.9. The molecule has 3 nitrogen and oxygen atoms in total. The van der Waals surface area contributed by atoms with Crippen molar-refractivity contribution >= 4 is 28.8 Å². The number of hydrogen-bond acceptors (Lipinski definition) is 3. The molecule has 2 rings (SSSR count). The number of carbonyl (C=O) groups excluding carboxylic acids is 1. The summed E-state index contributed by atoms with van der Waals surface area (Å²) in [5.74, 6) is 0.700. The fourth-order valence-electron chi connectivity index (χ4n) is 2.18. The SMILES string of the molecule is CC1CCNCC1NC(=O)CCc1ccc(Cl)s1. The van der Waals surface area contributed by atoms with Gasteiger partial charge in [0.15, 0.2) is 0 Å². The van der Waals surface area contributed by atoms with E-state index in [9.17, 15) is 4.79 Å². The van der Waals surface area contributed by atoms with Crippen LogP contribution in [0.15, 0.2) is 12.1 Å². The lowest BCUT2D eigenvalue weighted by atomic mass is 9.94. The van der Waals surface area contributed by atoms with Crippen LogP contribution >= 0.6 is 22.9 Å². The van der Waals surface area contributed by atoms with Gasteiger partial charge in [0.05, 0.1) is 4.34 Å². The fourth-order valence-corrected chi connectivity index (χ4v) is 3.27. The van der Waals surface area contributed by atoms with Crippen LogP contribution in [0.4, 0.5) is 0 Å². The van der Waals surface area contributed by atoms with Gasteiger partial charge in [0.25, 0.3) is 0 Å². The van der Waals surface area contributed by atoms with Gasteiger partial charge in [-0.1, -0.05) is 18.5 Å². The smallest absolute Gasteiger partial charge is 0.220 e. The fraction of sp³-hybridized carbons (Fsp3) is 0.615. The number of halogens is 1. The molecule has 1 amide bonds. The summed E-state index contributed by atoms with van der Waals surface area (Å²) in [7, 11) is 0. The van der Waals surface area contributed by atoms with Crippen LogP contribution in [0.1, 0.15) is 24.6 Å². The zero-order valence-electron chi connectivity index (χ0n) is 10.5. The minimum Gasteiger partial charge on any atom is -0.352 e. The molecule has 1 aromatic rings. The number of amides is 1. The van der Waals surface area contributed by atoms with Crippen molar-refractivity contribution in [3.05, 3.63) is 21.3 Å². The van der Waals surface area contributed by atoms with Crippen molar-refractivity contribution in [2.24, 2.45) is 5.92 Å². The molecule has 0 spiro atoms. The number of piperidine rings is 1. The molecule has 0 saturated carbocycles. The number of carbonyl (C=O) groups is 1. The Hall–Kier alpha value is -0.580. The summed E-state index contributed by atoms with van der Waals surface area (Å²) >= 11 is 7.41. The van der Waals surface area contributed by atoms with Crippen molar-refractivity contribution in [3.8, 4) is 0 Å². The third kappa shape index (κ3) is 3.97. The molecular formula is C13H19ClN2OS. The van der Waals surface area contributed by atoms with Crippen molar-refractivity contribution in [1.82, 2.24) is 10.6 Å². The maximum Gasteiger partial charge on any atom is 0.220 e. The summed E-state index contributed by atoms with van der Waals surface area (Å²) in [6.45, 7) is 4.14. The third-order valence-corrected chi connectivity index (χ3v) is 4.69. The Balaban J connectivity index is 1.74. The lowest BCUT2D eigenvalue weighted by Gasteiger charge is -2.30. The molecule has 2 heterocycles. The first-order valence-electron chi connectivity index (χ1n) is 6.39. The van der Waals surface area contributed by atoms with Crippen molar-refractivity contribution in [3.63, 3.8) is 0 Å². The highest BCUT2D eigenvalue weighted by molar-refractivity contribution is 7.16. The largest absolute Gasteiger partial charge is 0.352 e. The molecule has 0 aliphatic carbocycles. The molecule has 0 aromatic carbocycles. The Morgan fingerprint density at radius 1 is 1.61 bits per heavy atom. The van der Waals surface area contributed by atoms with Crippen LogP contribution < -0.4 is 10.6 Å². The molecule has 1 aliphatic heterocycles. The zero-order chi connectivity index (χ0) is 13.0. The van der Waals surface area contributed by atoms with Gasteiger partial charge in [-0.2, -0.15) is 0 Å². The van der Waals surface area contributed by atoms with Gasteiger partial charge >= 0.3 is 0 Å². The average molecular weight is 287 g/mol. The predicted molar refractivity (Wildman–Crippen MR) is 76.2 cm³/mol. The van der Waals surface area contributed by atoms with Gasteiger partial charge in [0.2, 0.25) is 5.91 Å². The van der Waals surface area contributed by atoms with Crippen molar-refractivity contribution in [2.45, 2.75) is 32.2 Å². The van der Waals surface area contributed by atoms with E-state index in [4.69, 9.17) is 11.6 Å². The summed E-state index contributed by atoms with van der Waals surface area (Å²) in [5, 5.41) is 6.43. The van der Waals surface area contributed by atoms with E-state index < -0.39 is 0 Å². The van der Waals surface area contributed by atoms with E-state index in [1.807, 2.05) is 12.1 Å². The molecule has 2 N–H and O–H groups in total. The molecule has 2 unspecified atom stereocenters. The third-order valence-electron chi connectivity index (χ3n) is 3.40.